The van der Waals surface area contributed by atoms with E-state index in [1.54, 1.807) is 0 Å². The maximum Gasteiger partial charge on any atom is 0.0241 e. The number of hydrogen-bond acceptors (Lipinski definition) is 2. The summed E-state index contributed by atoms with van der Waals surface area (Å²) >= 11 is 0. The van der Waals surface area contributed by atoms with Gasteiger partial charge in [-0.3, -0.25) is 0 Å². The predicted molar refractivity (Wildman–Crippen MR) is 34.4 cm³/mol. The van der Waals surface area contributed by atoms with E-state index < -0.39 is 0 Å². The van der Waals surface area contributed by atoms with Crippen LogP contribution in [0.5, 0.6) is 0 Å². The molecule has 0 saturated heterocycles. The van der Waals surface area contributed by atoms with Gasteiger partial charge in [-0.05, 0) is 19.4 Å². The summed E-state index contributed by atoms with van der Waals surface area (Å²) in [6.07, 6.45) is 3.06. The van der Waals surface area contributed by atoms with Crippen molar-refractivity contribution in [3.05, 3.63) is 11.8 Å². The average Bonchev–Trinajstić information content (AvgIpc) is 1.64. The van der Waals surface area contributed by atoms with E-state index >= 15 is 0 Å². The normalized spacial score (nSPS) is 29.6. The van der Waals surface area contributed by atoms with Gasteiger partial charge in [0.1, 0.15) is 0 Å². The molecule has 1 heterocycles. The molecule has 0 aromatic rings. The molecule has 1 atom stereocenters. The van der Waals surface area contributed by atoms with Crippen molar-refractivity contribution >= 4 is 0 Å². The summed E-state index contributed by atoms with van der Waals surface area (Å²) in [7, 11) is 0. The Kier molecular flexibility index (Phi) is 1.53. The summed E-state index contributed by atoms with van der Waals surface area (Å²) < 4.78 is 0. The van der Waals surface area contributed by atoms with Gasteiger partial charge in [0.05, 0.1) is 0 Å². The number of nitrogens with one attached hydrogen (secondary N) is 1. The molecule has 0 spiro atoms. The van der Waals surface area contributed by atoms with Crippen molar-refractivity contribution in [2.75, 3.05) is 6.54 Å². The molecule has 46 valence electrons. The highest BCUT2D eigenvalue weighted by molar-refractivity contribution is 5.05. The minimum absolute atomic E-state index is 0.476. The van der Waals surface area contributed by atoms with Crippen LogP contribution in [0.15, 0.2) is 11.8 Å². The second kappa shape index (κ2) is 2.18. The van der Waals surface area contributed by atoms with Crippen LogP contribution >= 0.6 is 0 Å². The van der Waals surface area contributed by atoms with Gasteiger partial charge in [-0.2, -0.15) is 0 Å². The lowest BCUT2D eigenvalue weighted by molar-refractivity contribution is 0.594. The summed E-state index contributed by atoms with van der Waals surface area (Å²) in [5, 5.41) is 3.26. The molecule has 0 fully saturated rings. The third-order valence-corrected chi connectivity index (χ3v) is 1.34. The Morgan fingerprint density at radius 2 is 2.62 bits per heavy atom. The summed E-state index contributed by atoms with van der Waals surface area (Å²) in [6, 6.07) is 0.476. The van der Waals surface area contributed by atoms with Gasteiger partial charge < -0.3 is 11.1 Å². The highest BCUT2D eigenvalue weighted by Crippen LogP contribution is 2.00. The van der Waals surface area contributed by atoms with Crippen molar-refractivity contribution in [2.24, 2.45) is 5.73 Å². The molecule has 0 bridgehead atoms. The SMILES string of the molecule is C[C@H]1C=C(N)CCN1. The number of rotatable bonds is 0. The van der Waals surface area contributed by atoms with E-state index in [4.69, 9.17) is 5.73 Å². The Balaban J connectivity index is 2.50. The van der Waals surface area contributed by atoms with E-state index in [1.165, 1.54) is 0 Å². The summed E-state index contributed by atoms with van der Waals surface area (Å²) in [4.78, 5) is 0. The van der Waals surface area contributed by atoms with Gasteiger partial charge in [-0.1, -0.05) is 0 Å². The largest absolute Gasteiger partial charge is 0.402 e. The summed E-state index contributed by atoms with van der Waals surface area (Å²) in [5.74, 6) is 0. The lowest BCUT2D eigenvalue weighted by Gasteiger charge is -2.15. The fourth-order valence-electron chi connectivity index (χ4n) is 0.908. The molecule has 0 saturated carbocycles. The second-order valence-corrected chi connectivity index (χ2v) is 2.23. The quantitative estimate of drug-likeness (QED) is 0.470. The Hall–Kier alpha value is -0.500. The first-order valence-electron chi connectivity index (χ1n) is 2.98. The third-order valence-electron chi connectivity index (χ3n) is 1.34. The standard InChI is InChI=1S/C6H12N2/c1-5-4-6(7)2-3-8-5/h4-5,8H,2-3,7H2,1H3/t5-/m0/s1. The van der Waals surface area contributed by atoms with Gasteiger partial charge in [-0.25, -0.2) is 0 Å². The highest BCUT2D eigenvalue weighted by Gasteiger charge is 2.03. The zero-order valence-corrected chi connectivity index (χ0v) is 5.15. The molecule has 3 N–H and O–H groups in total. The van der Waals surface area contributed by atoms with Gasteiger partial charge in [-0.15, -0.1) is 0 Å². The van der Waals surface area contributed by atoms with Crippen molar-refractivity contribution in [2.45, 2.75) is 19.4 Å². The molecule has 0 unspecified atom stereocenters. The Morgan fingerprint density at radius 3 is 3.00 bits per heavy atom. The maximum absolute atomic E-state index is 5.55. The number of nitrogens with two attached hydrogens (primary N) is 1. The third kappa shape index (κ3) is 1.23. The molecule has 8 heavy (non-hydrogen) atoms. The lowest BCUT2D eigenvalue weighted by Crippen LogP contribution is -2.31. The average molecular weight is 112 g/mol. The van der Waals surface area contributed by atoms with Crippen LogP contribution in [-0.4, -0.2) is 12.6 Å². The molecular formula is C6H12N2. The lowest BCUT2D eigenvalue weighted by atomic mass is 10.1. The molecular weight excluding hydrogens is 100 g/mol. The molecule has 2 nitrogen and oxygen atoms in total. The highest BCUT2D eigenvalue weighted by atomic mass is 14.9. The van der Waals surface area contributed by atoms with Crippen LogP contribution in [-0.2, 0) is 0 Å². The zero-order chi connectivity index (χ0) is 5.98. The van der Waals surface area contributed by atoms with Crippen molar-refractivity contribution < 1.29 is 0 Å². The zero-order valence-electron chi connectivity index (χ0n) is 5.15. The fourth-order valence-corrected chi connectivity index (χ4v) is 0.908. The maximum atomic E-state index is 5.55. The van der Waals surface area contributed by atoms with Crippen LogP contribution in [0.25, 0.3) is 0 Å². The van der Waals surface area contributed by atoms with Crippen LogP contribution < -0.4 is 11.1 Å². The van der Waals surface area contributed by atoms with Crippen LogP contribution in [0.1, 0.15) is 13.3 Å². The molecule has 1 rings (SSSR count). The molecule has 0 amide bonds. The first-order chi connectivity index (χ1) is 3.79. The van der Waals surface area contributed by atoms with Gasteiger partial charge in [0.2, 0.25) is 0 Å². The van der Waals surface area contributed by atoms with E-state index in [0.29, 0.717) is 6.04 Å². The van der Waals surface area contributed by atoms with E-state index in [9.17, 15) is 0 Å². The Morgan fingerprint density at radius 1 is 1.88 bits per heavy atom. The van der Waals surface area contributed by atoms with Gasteiger partial charge >= 0.3 is 0 Å². The van der Waals surface area contributed by atoms with E-state index in [2.05, 4.69) is 18.3 Å². The molecule has 0 aromatic carbocycles. The van der Waals surface area contributed by atoms with Crippen molar-refractivity contribution in [3.8, 4) is 0 Å². The van der Waals surface area contributed by atoms with Crippen LogP contribution in [0, 0.1) is 0 Å². The van der Waals surface area contributed by atoms with Crippen LogP contribution in [0.2, 0.25) is 0 Å². The van der Waals surface area contributed by atoms with Crippen molar-refractivity contribution in [1.29, 1.82) is 0 Å². The molecule has 0 radical (unpaired) electrons. The topological polar surface area (TPSA) is 38.0 Å². The molecule has 0 aromatic heterocycles. The molecule has 1 aliphatic rings. The van der Waals surface area contributed by atoms with Gasteiger partial charge in [0.25, 0.3) is 0 Å². The Bertz CT molecular complexity index is 107. The fraction of sp³-hybridized carbons (Fsp3) is 0.667. The molecule has 1 aliphatic heterocycles. The van der Waals surface area contributed by atoms with Gasteiger partial charge in [0.15, 0.2) is 0 Å². The summed E-state index contributed by atoms with van der Waals surface area (Å²) in [5.41, 5.74) is 6.57. The van der Waals surface area contributed by atoms with Gasteiger partial charge in [0, 0.05) is 18.3 Å². The van der Waals surface area contributed by atoms with Crippen molar-refractivity contribution in [1.82, 2.24) is 5.32 Å². The van der Waals surface area contributed by atoms with E-state index in [1.807, 2.05) is 0 Å². The predicted octanol–water partition coefficient (Wildman–Crippen LogP) is 0.211. The first kappa shape index (κ1) is 5.63. The number of hydrogen-bond donors (Lipinski definition) is 2. The van der Waals surface area contributed by atoms with Crippen LogP contribution in [0.4, 0.5) is 0 Å². The molecule has 0 aliphatic carbocycles. The monoisotopic (exact) mass is 112 g/mol. The summed E-state index contributed by atoms with van der Waals surface area (Å²) in [6.45, 7) is 3.13. The van der Waals surface area contributed by atoms with E-state index in [-0.39, 0.29) is 0 Å². The first-order valence-corrected chi connectivity index (χ1v) is 2.98. The minimum atomic E-state index is 0.476. The molecule has 2 heteroatoms. The smallest absolute Gasteiger partial charge is 0.0241 e. The van der Waals surface area contributed by atoms with Crippen molar-refractivity contribution in [3.63, 3.8) is 0 Å². The second-order valence-electron chi connectivity index (χ2n) is 2.23. The van der Waals surface area contributed by atoms with E-state index in [0.717, 1.165) is 18.7 Å². The Labute approximate surface area is 49.8 Å². The minimum Gasteiger partial charge on any atom is -0.402 e. The van der Waals surface area contributed by atoms with Crippen LogP contribution in [0.3, 0.4) is 0 Å².